The highest BCUT2D eigenvalue weighted by atomic mass is 35.5. The van der Waals surface area contributed by atoms with E-state index in [1.54, 1.807) is 48.8 Å². The SMILES string of the molecule is COc1cc2c(ncn2CCCCOC(=O)NCc2ccc(S(=O)(=O)NCc3ccc(Cl)cc3)cc2)c(N)n1. The molecule has 4 N–H and O–H groups in total. The Balaban J connectivity index is 1.17. The molecule has 0 aliphatic rings. The maximum atomic E-state index is 12.6. The van der Waals surface area contributed by atoms with E-state index in [9.17, 15) is 13.2 Å². The Bertz CT molecular complexity index is 1530. The number of carbonyl (C=O) groups excluding carboxylic acids is 1. The lowest BCUT2D eigenvalue weighted by molar-refractivity contribution is 0.143. The molecule has 0 spiro atoms. The summed E-state index contributed by atoms with van der Waals surface area (Å²) >= 11 is 5.86. The van der Waals surface area contributed by atoms with Gasteiger partial charge in [0.2, 0.25) is 15.9 Å². The number of ether oxygens (including phenoxy) is 2. The molecule has 1 amide bonds. The molecular weight excluding hydrogens is 544 g/mol. The van der Waals surface area contributed by atoms with Gasteiger partial charge in [-0.2, -0.15) is 4.98 Å². The number of halogens is 1. The van der Waals surface area contributed by atoms with Crippen LogP contribution in [0.3, 0.4) is 0 Å². The molecule has 0 atom stereocenters. The number of anilines is 1. The second-order valence-corrected chi connectivity index (χ2v) is 10.9. The van der Waals surface area contributed by atoms with Gasteiger partial charge in [-0.15, -0.1) is 0 Å². The number of sulfonamides is 1. The topological polar surface area (TPSA) is 150 Å². The first-order valence-electron chi connectivity index (χ1n) is 12.1. The summed E-state index contributed by atoms with van der Waals surface area (Å²) in [4.78, 5) is 20.6. The Hall–Kier alpha value is -3.87. The van der Waals surface area contributed by atoms with Crippen LogP contribution in [-0.4, -0.2) is 42.8 Å². The van der Waals surface area contributed by atoms with Crippen molar-refractivity contribution in [3.63, 3.8) is 0 Å². The molecule has 13 heteroatoms. The summed E-state index contributed by atoms with van der Waals surface area (Å²) in [5.74, 6) is 0.731. The van der Waals surface area contributed by atoms with Crippen molar-refractivity contribution < 1.29 is 22.7 Å². The molecule has 2 heterocycles. The van der Waals surface area contributed by atoms with Crippen LogP contribution in [0.2, 0.25) is 5.02 Å². The second-order valence-electron chi connectivity index (χ2n) is 8.65. The number of hydrogen-bond donors (Lipinski definition) is 3. The van der Waals surface area contributed by atoms with Crippen LogP contribution in [0.1, 0.15) is 24.0 Å². The molecule has 11 nitrogen and oxygen atoms in total. The van der Waals surface area contributed by atoms with Crippen LogP contribution in [0.4, 0.5) is 10.6 Å². The van der Waals surface area contributed by atoms with E-state index < -0.39 is 16.1 Å². The zero-order valence-electron chi connectivity index (χ0n) is 21.3. The third-order valence-corrected chi connectivity index (χ3v) is 7.57. The summed E-state index contributed by atoms with van der Waals surface area (Å²) in [5, 5.41) is 3.25. The highest BCUT2D eigenvalue weighted by molar-refractivity contribution is 7.89. The van der Waals surface area contributed by atoms with Crippen molar-refractivity contribution >= 4 is 44.6 Å². The van der Waals surface area contributed by atoms with E-state index in [0.717, 1.165) is 23.1 Å². The van der Waals surface area contributed by atoms with Gasteiger partial charge < -0.3 is 25.1 Å². The molecule has 0 unspecified atom stereocenters. The third kappa shape index (κ3) is 7.59. The van der Waals surface area contributed by atoms with Gasteiger partial charge in [0.15, 0.2) is 5.82 Å². The number of methoxy groups -OCH3 is 1. The summed E-state index contributed by atoms with van der Waals surface area (Å²) in [7, 11) is -2.16. The lowest BCUT2D eigenvalue weighted by Gasteiger charge is -2.10. The average Bonchev–Trinajstić information content (AvgIpc) is 3.35. The highest BCUT2D eigenvalue weighted by Gasteiger charge is 2.14. The van der Waals surface area contributed by atoms with E-state index >= 15 is 0 Å². The van der Waals surface area contributed by atoms with Gasteiger partial charge in [0.1, 0.15) is 5.52 Å². The standard InChI is InChI=1S/C26H29ClN6O5S/c1-37-23-14-22-24(25(28)32-23)30-17-33(22)12-2-3-13-38-26(34)29-15-18-6-10-21(11-7-18)39(35,36)31-16-19-4-8-20(27)9-5-19/h4-11,14,17,31H,2-3,12-13,15-16H2,1H3,(H2,28,32)(H,29,34). The van der Waals surface area contributed by atoms with Crippen molar-refractivity contribution in [2.75, 3.05) is 19.5 Å². The maximum absolute atomic E-state index is 12.6. The fourth-order valence-electron chi connectivity index (χ4n) is 3.77. The molecule has 0 aliphatic heterocycles. The number of nitrogens with one attached hydrogen (secondary N) is 2. The van der Waals surface area contributed by atoms with Crippen LogP contribution < -0.4 is 20.5 Å². The first-order chi connectivity index (χ1) is 18.7. The molecule has 0 bridgehead atoms. The summed E-state index contributed by atoms with van der Waals surface area (Å²) < 4.78 is 40.0. The minimum atomic E-state index is -3.68. The van der Waals surface area contributed by atoms with Gasteiger partial charge in [-0.1, -0.05) is 35.9 Å². The largest absolute Gasteiger partial charge is 0.481 e. The molecule has 0 saturated heterocycles. The quantitative estimate of drug-likeness (QED) is 0.217. The Kier molecular flexibility index (Phi) is 9.23. The number of benzene rings is 2. The number of aryl methyl sites for hydroxylation is 1. The number of amides is 1. The number of aromatic nitrogens is 3. The Morgan fingerprint density at radius 1 is 1.05 bits per heavy atom. The number of alkyl carbamates (subject to hydrolysis) is 1. The first kappa shape index (κ1) is 28.1. The van der Waals surface area contributed by atoms with Gasteiger partial charge >= 0.3 is 6.09 Å². The van der Waals surface area contributed by atoms with Crippen LogP contribution in [0, 0.1) is 0 Å². The molecule has 206 valence electrons. The minimum Gasteiger partial charge on any atom is -0.481 e. The second kappa shape index (κ2) is 12.8. The van der Waals surface area contributed by atoms with E-state index in [1.807, 2.05) is 4.57 Å². The molecule has 4 rings (SSSR count). The van der Waals surface area contributed by atoms with E-state index in [2.05, 4.69) is 20.0 Å². The van der Waals surface area contributed by atoms with Crippen molar-refractivity contribution in [3.05, 3.63) is 77.1 Å². The predicted molar refractivity (Wildman–Crippen MR) is 148 cm³/mol. The van der Waals surface area contributed by atoms with Gasteiger partial charge in [0.05, 0.1) is 30.5 Å². The predicted octanol–water partition coefficient (Wildman–Crippen LogP) is 3.86. The molecule has 2 aromatic heterocycles. The van der Waals surface area contributed by atoms with Crippen molar-refractivity contribution in [1.82, 2.24) is 24.6 Å². The number of rotatable bonds is 12. The zero-order valence-corrected chi connectivity index (χ0v) is 22.8. The van der Waals surface area contributed by atoms with Gasteiger partial charge in [0.25, 0.3) is 0 Å². The number of hydrogen-bond acceptors (Lipinski definition) is 8. The molecule has 0 fully saturated rings. The third-order valence-electron chi connectivity index (χ3n) is 5.90. The Morgan fingerprint density at radius 3 is 2.46 bits per heavy atom. The summed E-state index contributed by atoms with van der Waals surface area (Å²) in [6.07, 6.45) is 2.56. The van der Waals surface area contributed by atoms with Crippen LogP contribution in [0.5, 0.6) is 5.88 Å². The zero-order chi connectivity index (χ0) is 27.8. The molecular formula is C26H29ClN6O5S. The average molecular weight is 573 g/mol. The molecule has 39 heavy (non-hydrogen) atoms. The Labute approximate surface area is 231 Å². The fraction of sp³-hybridized carbons (Fsp3) is 0.269. The first-order valence-corrected chi connectivity index (χ1v) is 14.0. The van der Waals surface area contributed by atoms with Gasteiger partial charge in [-0.05, 0) is 48.2 Å². The molecule has 4 aromatic rings. The van der Waals surface area contributed by atoms with Crippen LogP contribution in [-0.2, 0) is 34.4 Å². The number of fused-ring (bicyclic) bond motifs is 1. The number of unbranched alkanes of at least 4 members (excludes halogenated alkanes) is 1. The van der Waals surface area contributed by atoms with Crippen LogP contribution >= 0.6 is 11.6 Å². The van der Waals surface area contributed by atoms with E-state index in [1.165, 1.54) is 19.2 Å². The molecule has 0 saturated carbocycles. The smallest absolute Gasteiger partial charge is 0.407 e. The molecule has 2 aromatic carbocycles. The van der Waals surface area contributed by atoms with Crippen LogP contribution in [0.25, 0.3) is 11.0 Å². The number of nitrogens with zero attached hydrogens (tertiary/aromatic N) is 3. The lowest BCUT2D eigenvalue weighted by Crippen LogP contribution is -2.25. The molecule has 0 radical (unpaired) electrons. The van der Waals surface area contributed by atoms with E-state index in [0.29, 0.717) is 35.2 Å². The minimum absolute atomic E-state index is 0.130. The monoisotopic (exact) mass is 572 g/mol. The number of nitrogen functional groups attached to an aromatic ring is 1. The van der Waals surface area contributed by atoms with Gasteiger partial charge in [-0.3, -0.25) is 0 Å². The van der Waals surface area contributed by atoms with Crippen molar-refractivity contribution in [2.24, 2.45) is 0 Å². The summed E-state index contributed by atoms with van der Waals surface area (Å²) in [6.45, 7) is 1.27. The van der Waals surface area contributed by atoms with Crippen molar-refractivity contribution in [3.8, 4) is 5.88 Å². The van der Waals surface area contributed by atoms with Crippen LogP contribution in [0.15, 0.2) is 65.8 Å². The van der Waals surface area contributed by atoms with Gasteiger partial charge in [0, 0.05) is 30.7 Å². The number of imidazole rings is 1. The fourth-order valence-corrected chi connectivity index (χ4v) is 4.91. The maximum Gasteiger partial charge on any atom is 0.407 e. The summed E-state index contributed by atoms with van der Waals surface area (Å²) in [6, 6.07) is 15.0. The van der Waals surface area contributed by atoms with E-state index in [-0.39, 0.29) is 24.6 Å². The number of pyridine rings is 1. The lowest BCUT2D eigenvalue weighted by atomic mass is 10.2. The van der Waals surface area contributed by atoms with Gasteiger partial charge in [-0.25, -0.2) is 22.9 Å². The van der Waals surface area contributed by atoms with Crippen molar-refractivity contribution in [1.29, 1.82) is 0 Å². The highest BCUT2D eigenvalue weighted by Crippen LogP contribution is 2.23. The Morgan fingerprint density at radius 2 is 1.74 bits per heavy atom. The molecule has 0 aliphatic carbocycles. The normalized spacial score (nSPS) is 11.4. The van der Waals surface area contributed by atoms with E-state index in [4.69, 9.17) is 26.8 Å². The number of nitrogens with two attached hydrogens (primary N) is 1. The van der Waals surface area contributed by atoms with Crippen molar-refractivity contribution in [2.45, 2.75) is 37.4 Å². The summed E-state index contributed by atoms with van der Waals surface area (Å²) in [5.41, 5.74) is 8.90. The number of carbonyl (C=O) groups is 1.